The number of hydrogen-bond acceptors (Lipinski definition) is 4. The third kappa shape index (κ3) is 1.35. The fourth-order valence-corrected chi connectivity index (χ4v) is 3.69. The number of carbonyl (C=O) groups is 1. The van der Waals surface area contributed by atoms with Gasteiger partial charge in [0, 0.05) is 10.4 Å². The summed E-state index contributed by atoms with van der Waals surface area (Å²) in [5, 5.41) is 0.488. The standard InChI is InChI=1S/C11H16N2O2S/c1-10(2)6-5(8(12)14)9(13)16-7(6)11(3,4)15-10/h13H2,1-4H3,(H2,12,14). The van der Waals surface area contributed by atoms with E-state index in [1.54, 1.807) is 0 Å². The Kier molecular flexibility index (Phi) is 2.13. The fourth-order valence-electron chi connectivity index (χ4n) is 2.43. The molecule has 4 N–H and O–H groups in total. The van der Waals surface area contributed by atoms with E-state index in [-0.39, 0.29) is 0 Å². The van der Waals surface area contributed by atoms with Gasteiger partial charge in [-0.2, -0.15) is 0 Å². The Hall–Kier alpha value is -1.07. The van der Waals surface area contributed by atoms with Crippen LogP contribution in [0.15, 0.2) is 0 Å². The zero-order valence-corrected chi connectivity index (χ0v) is 10.7. The quantitative estimate of drug-likeness (QED) is 0.787. The SMILES string of the molecule is CC1(C)OC(C)(C)c2c1sc(N)c2C(N)=O. The summed E-state index contributed by atoms with van der Waals surface area (Å²) in [6, 6.07) is 0. The Morgan fingerprint density at radius 3 is 2.31 bits per heavy atom. The molecule has 5 heteroatoms. The smallest absolute Gasteiger partial charge is 0.252 e. The van der Waals surface area contributed by atoms with Crippen molar-refractivity contribution in [3.8, 4) is 0 Å². The number of amides is 1. The van der Waals surface area contributed by atoms with E-state index in [1.165, 1.54) is 11.3 Å². The van der Waals surface area contributed by atoms with Gasteiger partial charge in [0.05, 0.1) is 21.8 Å². The van der Waals surface area contributed by atoms with Crippen LogP contribution in [0.5, 0.6) is 0 Å². The number of primary amides is 1. The summed E-state index contributed by atoms with van der Waals surface area (Å²) >= 11 is 1.39. The Morgan fingerprint density at radius 2 is 1.81 bits per heavy atom. The van der Waals surface area contributed by atoms with Crippen molar-refractivity contribution in [2.24, 2.45) is 5.73 Å². The van der Waals surface area contributed by atoms with E-state index in [0.29, 0.717) is 10.6 Å². The largest absolute Gasteiger partial charge is 0.390 e. The molecule has 1 aromatic heterocycles. The van der Waals surface area contributed by atoms with Crippen molar-refractivity contribution in [3.63, 3.8) is 0 Å². The molecule has 0 atom stereocenters. The molecule has 0 unspecified atom stereocenters. The van der Waals surface area contributed by atoms with E-state index in [0.717, 1.165) is 10.4 Å². The monoisotopic (exact) mass is 240 g/mol. The lowest BCUT2D eigenvalue weighted by Crippen LogP contribution is -2.25. The Labute approximate surface area is 98.6 Å². The molecule has 88 valence electrons. The van der Waals surface area contributed by atoms with Crippen LogP contribution in [-0.2, 0) is 15.9 Å². The molecule has 0 spiro atoms. The molecular formula is C11H16N2O2S. The van der Waals surface area contributed by atoms with Crippen molar-refractivity contribution in [3.05, 3.63) is 16.0 Å². The van der Waals surface area contributed by atoms with Crippen LogP contribution in [0.2, 0.25) is 0 Å². The predicted molar refractivity (Wildman–Crippen MR) is 64.4 cm³/mol. The molecule has 0 fully saturated rings. The average Bonchev–Trinajstić information content (AvgIpc) is 2.48. The second kappa shape index (κ2) is 2.99. The number of hydrogen-bond donors (Lipinski definition) is 2. The molecule has 0 aliphatic carbocycles. The molecule has 1 amide bonds. The molecular weight excluding hydrogens is 224 g/mol. The summed E-state index contributed by atoms with van der Waals surface area (Å²) in [5.74, 6) is -0.482. The molecule has 16 heavy (non-hydrogen) atoms. The molecule has 1 aliphatic heterocycles. The van der Waals surface area contributed by atoms with Gasteiger partial charge in [-0.25, -0.2) is 0 Å². The first-order valence-corrected chi connectivity index (χ1v) is 5.91. The van der Waals surface area contributed by atoms with Crippen LogP contribution in [0.3, 0.4) is 0 Å². The van der Waals surface area contributed by atoms with E-state index in [2.05, 4.69) is 0 Å². The lowest BCUT2D eigenvalue weighted by Gasteiger charge is -2.25. The molecule has 0 aromatic carbocycles. The van der Waals surface area contributed by atoms with Gasteiger partial charge in [-0.1, -0.05) is 0 Å². The second-order valence-electron chi connectivity index (χ2n) is 5.03. The van der Waals surface area contributed by atoms with Gasteiger partial charge in [0.15, 0.2) is 0 Å². The third-order valence-electron chi connectivity index (χ3n) is 2.84. The highest BCUT2D eigenvalue weighted by molar-refractivity contribution is 7.16. The van der Waals surface area contributed by atoms with Gasteiger partial charge in [-0.15, -0.1) is 11.3 Å². The van der Waals surface area contributed by atoms with Gasteiger partial charge in [0.2, 0.25) is 0 Å². The van der Waals surface area contributed by atoms with E-state index in [4.69, 9.17) is 16.2 Å². The van der Waals surface area contributed by atoms with Crippen molar-refractivity contribution >= 4 is 22.2 Å². The minimum atomic E-state index is -0.517. The first-order chi connectivity index (χ1) is 7.17. The summed E-state index contributed by atoms with van der Waals surface area (Å²) in [6.45, 7) is 7.81. The molecule has 2 rings (SSSR count). The lowest BCUT2D eigenvalue weighted by atomic mass is 9.94. The zero-order chi connectivity index (χ0) is 12.3. The van der Waals surface area contributed by atoms with Crippen LogP contribution >= 0.6 is 11.3 Å². The van der Waals surface area contributed by atoms with Crippen molar-refractivity contribution in [2.75, 3.05) is 5.73 Å². The van der Waals surface area contributed by atoms with Gasteiger partial charge >= 0.3 is 0 Å². The van der Waals surface area contributed by atoms with Gasteiger partial charge in [0.1, 0.15) is 0 Å². The Morgan fingerprint density at radius 1 is 1.25 bits per heavy atom. The van der Waals surface area contributed by atoms with Gasteiger partial charge in [-0.3, -0.25) is 4.79 Å². The van der Waals surface area contributed by atoms with Crippen LogP contribution in [0, 0.1) is 0 Å². The summed E-state index contributed by atoms with van der Waals surface area (Å²) < 4.78 is 5.94. The topological polar surface area (TPSA) is 78.3 Å². The molecule has 0 radical (unpaired) electrons. The maximum Gasteiger partial charge on any atom is 0.252 e. The Balaban J connectivity index is 2.77. The molecule has 0 saturated heterocycles. The highest BCUT2D eigenvalue weighted by Gasteiger charge is 2.47. The zero-order valence-electron chi connectivity index (χ0n) is 9.88. The normalized spacial score (nSPS) is 20.8. The van der Waals surface area contributed by atoms with E-state index < -0.39 is 17.1 Å². The summed E-state index contributed by atoms with van der Waals surface area (Å²) in [6.07, 6.45) is 0. The summed E-state index contributed by atoms with van der Waals surface area (Å²) in [5.41, 5.74) is 11.6. The number of nitrogen functional groups attached to an aromatic ring is 1. The van der Waals surface area contributed by atoms with Crippen LogP contribution in [0.4, 0.5) is 5.00 Å². The van der Waals surface area contributed by atoms with E-state index in [9.17, 15) is 4.79 Å². The van der Waals surface area contributed by atoms with Crippen LogP contribution in [0.25, 0.3) is 0 Å². The number of anilines is 1. The number of ether oxygens (including phenoxy) is 1. The molecule has 0 bridgehead atoms. The van der Waals surface area contributed by atoms with E-state index >= 15 is 0 Å². The van der Waals surface area contributed by atoms with Crippen LogP contribution in [-0.4, -0.2) is 5.91 Å². The van der Waals surface area contributed by atoms with Crippen LogP contribution in [0.1, 0.15) is 48.5 Å². The maximum atomic E-state index is 11.4. The Bertz CT molecular complexity index is 475. The first-order valence-electron chi connectivity index (χ1n) is 5.10. The van der Waals surface area contributed by atoms with Crippen LogP contribution < -0.4 is 11.5 Å². The molecule has 0 saturated carbocycles. The number of nitrogens with two attached hydrogens (primary N) is 2. The number of carbonyl (C=O) groups excluding carboxylic acids is 1. The molecule has 2 heterocycles. The van der Waals surface area contributed by atoms with Crippen molar-refractivity contribution in [2.45, 2.75) is 38.9 Å². The molecule has 1 aliphatic rings. The van der Waals surface area contributed by atoms with Crippen molar-refractivity contribution in [1.82, 2.24) is 0 Å². The molecule has 4 nitrogen and oxygen atoms in total. The number of thiophene rings is 1. The predicted octanol–water partition coefficient (Wildman–Crippen LogP) is 1.93. The fraction of sp³-hybridized carbons (Fsp3) is 0.545. The van der Waals surface area contributed by atoms with Gasteiger partial charge < -0.3 is 16.2 Å². The van der Waals surface area contributed by atoms with Gasteiger partial charge in [-0.05, 0) is 27.7 Å². The highest BCUT2D eigenvalue weighted by Crippen LogP contribution is 2.53. The summed E-state index contributed by atoms with van der Waals surface area (Å²) in [7, 11) is 0. The first kappa shape index (κ1) is 11.4. The van der Waals surface area contributed by atoms with Gasteiger partial charge in [0.25, 0.3) is 5.91 Å². The second-order valence-corrected chi connectivity index (χ2v) is 6.08. The average molecular weight is 240 g/mol. The highest BCUT2D eigenvalue weighted by atomic mass is 32.1. The number of fused-ring (bicyclic) bond motifs is 1. The van der Waals surface area contributed by atoms with Crippen molar-refractivity contribution in [1.29, 1.82) is 0 Å². The van der Waals surface area contributed by atoms with Crippen molar-refractivity contribution < 1.29 is 9.53 Å². The number of rotatable bonds is 1. The minimum Gasteiger partial charge on any atom is -0.390 e. The minimum absolute atomic E-state index is 0.411. The lowest BCUT2D eigenvalue weighted by molar-refractivity contribution is -0.104. The molecule has 1 aromatic rings. The third-order valence-corrected chi connectivity index (χ3v) is 4.16. The maximum absolute atomic E-state index is 11.4. The van der Waals surface area contributed by atoms with E-state index in [1.807, 2.05) is 27.7 Å². The summed E-state index contributed by atoms with van der Waals surface area (Å²) in [4.78, 5) is 12.4.